The number of carbonyl (C=O) groups is 1. The van der Waals surface area contributed by atoms with Gasteiger partial charge >= 0.3 is 0 Å². The van der Waals surface area contributed by atoms with Crippen LogP contribution in [0.1, 0.15) is 32.4 Å². The second kappa shape index (κ2) is 6.40. The lowest BCUT2D eigenvalue weighted by molar-refractivity contribution is -0.118. The van der Waals surface area contributed by atoms with E-state index in [2.05, 4.69) is 19.2 Å². The molecule has 0 fully saturated rings. The summed E-state index contributed by atoms with van der Waals surface area (Å²) in [4.78, 5) is 11.5. The molecule has 3 heteroatoms. The number of furan rings is 1. The average Bonchev–Trinajstić information content (AvgIpc) is 2.64. The first-order valence-electron chi connectivity index (χ1n) is 5.46. The smallest absolute Gasteiger partial charge is 0.140 e. The standard InChI is InChI=1S/C12H19NO2/c1-10(2)13-7-3-5-11(14)9-12-6-4-8-15-12/h4,6,8,10,13H,3,5,7,9H2,1-2H3. The minimum atomic E-state index is 0.246. The Labute approximate surface area is 90.9 Å². The summed E-state index contributed by atoms with van der Waals surface area (Å²) in [7, 11) is 0. The van der Waals surface area contributed by atoms with Gasteiger partial charge in [0.2, 0.25) is 0 Å². The maximum absolute atomic E-state index is 11.5. The third-order valence-electron chi connectivity index (χ3n) is 2.14. The first kappa shape index (κ1) is 12.0. The van der Waals surface area contributed by atoms with E-state index in [0.29, 0.717) is 18.9 Å². The Morgan fingerprint density at radius 2 is 2.33 bits per heavy atom. The van der Waals surface area contributed by atoms with E-state index in [1.807, 2.05) is 12.1 Å². The highest BCUT2D eigenvalue weighted by Gasteiger charge is 2.05. The van der Waals surface area contributed by atoms with Crippen molar-refractivity contribution in [3.05, 3.63) is 24.2 Å². The Morgan fingerprint density at radius 3 is 2.93 bits per heavy atom. The lowest BCUT2D eigenvalue weighted by Gasteiger charge is -2.06. The molecule has 0 unspecified atom stereocenters. The monoisotopic (exact) mass is 209 g/mol. The van der Waals surface area contributed by atoms with Crippen LogP contribution in [0.3, 0.4) is 0 Å². The number of carbonyl (C=O) groups excluding carboxylic acids is 1. The van der Waals surface area contributed by atoms with E-state index < -0.39 is 0 Å². The van der Waals surface area contributed by atoms with Gasteiger partial charge in [-0.15, -0.1) is 0 Å². The molecule has 0 saturated heterocycles. The lowest BCUT2D eigenvalue weighted by atomic mass is 10.1. The van der Waals surface area contributed by atoms with Crippen molar-refractivity contribution in [2.75, 3.05) is 6.54 Å². The number of Topliss-reactive ketones (excluding diaryl/α,β-unsaturated/α-hetero) is 1. The van der Waals surface area contributed by atoms with Crippen LogP contribution >= 0.6 is 0 Å². The Morgan fingerprint density at radius 1 is 1.53 bits per heavy atom. The molecular formula is C12H19NO2. The van der Waals surface area contributed by atoms with Gasteiger partial charge in [-0.1, -0.05) is 13.8 Å². The minimum Gasteiger partial charge on any atom is -0.469 e. The van der Waals surface area contributed by atoms with Crippen LogP contribution in [-0.4, -0.2) is 18.4 Å². The fourth-order valence-corrected chi connectivity index (χ4v) is 1.37. The Hall–Kier alpha value is -1.09. The molecule has 0 saturated carbocycles. The molecule has 15 heavy (non-hydrogen) atoms. The zero-order valence-electron chi connectivity index (χ0n) is 9.45. The zero-order chi connectivity index (χ0) is 11.1. The maximum atomic E-state index is 11.5. The molecule has 0 bridgehead atoms. The fraction of sp³-hybridized carbons (Fsp3) is 0.583. The van der Waals surface area contributed by atoms with Crippen LogP contribution in [0, 0.1) is 0 Å². The number of rotatable bonds is 7. The van der Waals surface area contributed by atoms with Crippen LogP contribution in [-0.2, 0) is 11.2 Å². The van der Waals surface area contributed by atoms with Gasteiger partial charge in [-0.2, -0.15) is 0 Å². The van der Waals surface area contributed by atoms with E-state index in [0.717, 1.165) is 18.7 Å². The molecule has 3 nitrogen and oxygen atoms in total. The normalized spacial score (nSPS) is 10.9. The predicted molar refractivity (Wildman–Crippen MR) is 59.8 cm³/mol. The van der Waals surface area contributed by atoms with Gasteiger partial charge in [-0.05, 0) is 25.1 Å². The summed E-state index contributed by atoms with van der Waals surface area (Å²) >= 11 is 0. The molecule has 0 aromatic carbocycles. The third kappa shape index (κ3) is 5.37. The Bertz CT molecular complexity index is 278. The van der Waals surface area contributed by atoms with Gasteiger partial charge in [-0.3, -0.25) is 4.79 Å². The average molecular weight is 209 g/mol. The molecule has 84 valence electrons. The highest BCUT2D eigenvalue weighted by atomic mass is 16.3. The van der Waals surface area contributed by atoms with E-state index >= 15 is 0 Å². The molecule has 0 aliphatic carbocycles. The molecule has 1 rings (SSSR count). The highest BCUT2D eigenvalue weighted by molar-refractivity contribution is 5.80. The SMILES string of the molecule is CC(C)NCCCC(=O)Cc1ccco1. The van der Waals surface area contributed by atoms with Crippen LogP contribution in [0.5, 0.6) is 0 Å². The molecule has 0 aliphatic rings. The first-order valence-corrected chi connectivity index (χ1v) is 5.46. The molecule has 0 spiro atoms. The topological polar surface area (TPSA) is 42.2 Å². The molecule has 0 atom stereocenters. The van der Waals surface area contributed by atoms with Crippen LogP contribution < -0.4 is 5.32 Å². The Kier molecular flexibility index (Phi) is 5.12. The summed E-state index contributed by atoms with van der Waals surface area (Å²) < 4.78 is 5.11. The maximum Gasteiger partial charge on any atom is 0.140 e. The van der Waals surface area contributed by atoms with Crippen molar-refractivity contribution < 1.29 is 9.21 Å². The fourth-order valence-electron chi connectivity index (χ4n) is 1.37. The van der Waals surface area contributed by atoms with Crippen LogP contribution in [0.15, 0.2) is 22.8 Å². The van der Waals surface area contributed by atoms with Gasteiger partial charge in [0.05, 0.1) is 12.7 Å². The van der Waals surface area contributed by atoms with Gasteiger partial charge in [-0.25, -0.2) is 0 Å². The van der Waals surface area contributed by atoms with E-state index in [1.165, 1.54) is 0 Å². The van der Waals surface area contributed by atoms with Crippen molar-refractivity contribution in [3.8, 4) is 0 Å². The number of nitrogens with one attached hydrogen (secondary N) is 1. The van der Waals surface area contributed by atoms with Crippen molar-refractivity contribution in [3.63, 3.8) is 0 Å². The quantitative estimate of drug-likeness (QED) is 0.700. The van der Waals surface area contributed by atoms with Gasteiger partial charge in [0.25, 0.3) is 0 Å². The number of hydrogen-bond donors (Lipinski definition) is 1. The molecule has 0 radical (unpaired) electrons. The molecule has 0 amide bonds. The summed E-state index contributed by atoms with van der Waals surface area (Å²) in [6.45, 7) is 5.11. The van der Waals surface area contributed by atoms with Crippen molar-refractivity contribution >= 4 is 5.78 Å². The van der Waals surface area contributed by atoms with Crippen LogP contribution in [0.25, 0.3) is 0 Å². The van der Waals surface area contributed by atoms with Crippen LogP contribution in [0.4, 0.5) is 0 Å². The molecule has 1 aromatic rings. The lowest BCUT2D eigenvalue weighted by Crippen LogP contribution is -2.24. The summed E-state index contributed by atoms with van der Waals surface area (Å²) in [5, 5.41) is 3.28. The van der Waals surface area contributed by atoms with Crippen molar-refractivity contribution in [1.29, 1.82) is 0 Å². The predicted octanol–water partition coefficient (Wildman–Crippen LogP) is 2.17. The summed E-state index contributed by atoms with van der Waals surface area (Å²) in [5.41, 5.74) is 0. The summed E-state index contributed by atoms with van der Waals surface area (Å²) in [6.07, 6.45) is 3.55. The third-order valence-corrected chi connectivity index (χ3v) is 2.14. The summed E-state index contributed by atoms with van der Waals surface area (Å²) in [5.74, 6) is 1.01. The highest BCUT2D eigenvalue weighted by Crippen LogP contribution is 2.04. The van der Waals surface area contributed by atoms with Gasteiger partial charge < -0.3 is 9.73 Å². The molecule has 1 N–H and O–H groups in total. The van der Waals surface area contributed by atoms with Crippen molar-refractivity contribution in [2.45, 2.75) is 39.2 Å². The molecule has 1 heterocycles. The van der Waals surface area contributed by atoms with E-state index in [9.17, 15) is 4.79 Å². The molecule has 1 aromatic heterocycles. The first-order chi connectivity index (χ1) is 7.18. The molecule has 0 aliphatic heterocycles. The van der Waals surface area contributed by atoms with Crippen molar-refractivity contribution in [2.24, 2.45) is 0 Å². The van der Waals surface area contributed by atoms with Crippen molar-refractivity contribution in [1.82, 2.24) is 5.32 Å². The Balaban J connectivity index is 2.09. The van der Waals surface area contributed by atoms with Gasteiger partial charge in [0.15, 0.2) is 0 Å². The minimum absolute atomic E-state index is 0.246. The second-order valence-electron chi connectivity index (χ2n) is 4.01. The van der Waals surface area contributed by atoms with E-state index in [-0.39, 0.29) is 5.78 Å². The number of ketones is 1. The van der Waals surface area contributed by atoms with E-state index in [4.69, 9.17) is 4.42 Å². The van der Waals surface area contributed by atoms with E-state index in [1.54, 1.807) is 6.26 Å². The largest absolute Gasteiger partial charge is 0.469 e. The van der Waals surface area contributed by atoms with Crippen LogP contribution in [0.2, 0.25) is 0 Å². The number of hydrogen-bond acceptors (Lipinski definition) is 3. The van der Waals surface area contributed by atoms with Gasteiger partial charge in [0.1, 0.15) is 11.5 Å². The van der Waals surface area contributed by atoms with Gasteiger partial charge in [0, 0.05) is 12.5 Å². The molecular weight excluding hydrogens is 190 g/mol. The summed E-state index contributed by atoms with van der Waals surface area (Å²) in [6, 6.07) is 4.14. The second-order valence-corrected chi connectivity index (χ2v) is 4.01. The zero-order valence-corrected chi connectivity index (χ0v) is 9.45.